The van der Waals surface area contributed by atoms with Gasteiger partial charge in [-0.05, 0) is 12.6 Å². The molecule has 0 N–H and O–H groups in total. The van der Waals surface area contributed by atoms with E-state index in [-0.39, 0.29) is 11.6 Å². The van der Waals surface area contributed by atoms with Gasteiger partial charge in [-0.3, -0.25) is 0 Å². The number of ether oxygens (including phenoxy) is 1. The van der Waals surface area contributed by atoms with E-state index in [1.807, 2.05) is 24.3 Å². The SMILES string of the molecule is CCN1CCC2(CC1)OC(=O)c1ccccc12. The average Bonchev–Trinajstić information content (AvgIpc) is 2.65. The lowest BCUT2D eigenvalue weighted by Gasteiger charge is -2.38. The van der Waals surface area contributed by atoms with Gasteiger partial charge in [0.05, 0.1) is 5.56 Å². The normalized spacial score (nSPS) is 22.5. The molecular formula is C14H17NO2. The Bertz CT molecular complexity index is 447. The number of fused-ring (bicyclic) bond motifs is 2. The highest BCUT2D eigenvalue weighted by atomic mass is 16.6. The molecule has 0 unspecified atom stereocenters. The summed E-state index contributed by atoms with van der Waals surface area (Å²) in [6.45, 7) is 5.27. The number of likely N-dealkylation sites (tertiary alicyclic amines) is 1. The minimum atomic E-state index is -0.334. The van der Waals surface area contributed by atoms with Gasteiger partial charge in [0, 0.05) is 31.5 Å². The molecule has 0 aromatic heterocycles. The molecule has 1 fully saturated rings. The van der Waals surface area contributed by atoms with Gasteiger partial charge in [-0.1, -0.05) is 25.1 Å². The van der Waals surface area contributed by atoms with Crippen LogP contribution in [0.5, 0.6) is 0 Å². The summed E-state index contributed by atoms with van der Waals surface area (Å²) in [5, 5.41) is 0. The van der Waals surface area contributed by atoms with Crippen molar-refractivity contribution in [1.29, 1.82) is 0 Å². The Labute approximate surface area is 101 Å². The van der Waals surface area contributed by atoms with Crippen molar-refractivity contribution in [1.82, 2.24) is 4.90 Å². The molecule has 1 aromatic rings. The van der Waals surface area contributed by atoms with Crippen molar-refractivity contribution in [3.05, 3.63) is 35.4 Å². The van der Waals surface area contributed by atoms with Crippen LogP contribution in [0.25, 0.3) is 0 Å². The molecule has 1 aromatic carbocycles. The lowest BCUT2D eigenvalue weighted by atomic mass is 9.84. The van der Waals surface area contributed by atoms with E-state index in [1.165, 1.54) is 0 Å². The third-order valence-electron chi connectivity index (χ3n) is 4.04. The van der Waals surface area contributed by atoms with Crippen LogP contribution in [-0.2, 0) is 10.3 Å². The van der Waals surface area contributed by atoms with Crippen molar-refractivity contribution in [3.63, 3.8) is 0 Å². The van der Waals surface area contributed by atoms with Crippen LogP contribution in [-0.4, -0.2) is 30.5 Å². The topological polar surface area (TPSA) is 29.5 Å². The van der Waals surface area contributed by atoms with Gasteiger partial charge in [-0.15, -0.1) is 0 Å². The summed E-state index contributed by atoms with van der Waals surface area (Å²) in [4.78, 5) is 14.3. The van der Waals surface area contributed by atoms with E-state index in [0.29, 0.717) is 0 Å². The summed E-state index contributed by atoms with van der Waals surface area (Å²) >= 11 is 0. The second-order valence-corrected chi connectivity index (χ2v) is 4.86. The first kappa shape index (κ1) is 10.8. The summed E-state index contributed by atoms with van der Waals surface area (Å²) < 4.78 is 5.69. The zero-order valence-electron chi connectivity index (χ0n) is 10.1. The quantitative estimate of drug-likeness (QED) is 0.694. The fraction of sp³-hybridized carbons (Fsp3) is 0.500. The van der Waals surface area contributed by atoms with Crippen LogP contribution < -0.4 is 0 Å². The van der Waals surface area contributed by atoms with Gasteiger partial charge in [-0.2, -0.15) is 0 Å². The fourth-order valence-corrected chi connectivity index (χ4v) is 2.95. The molecule has 3 heteroatoms. The summed E-state index contributed by atoms with van der Waals surface area (Å²) in [6, 6.07) is 7.81. The molecule has 90 valence electrons. The molecule has 2 heterocycles. The van der Waals surface area contributed by atoms with Crippen LogP contribution in [0.4, 0.5) is 0 Å². The smallest absolute Gasteiger partial charge is 0.339 e. The van der Waals surface area contributed by atoms with Crippen LogP contribution in [0.1, 0.15) is 35.7 Å². The van der Waals surface area contributed by atoms with Gasteiger partial charge in [0.2, 0.25) is 0 Å². The van der Waals surface area contributed by atoms with Crippen molar-refractivity contribution in [2.45, 2.75) is 25.4 Å². The van der Waals surface area contributed by atoms with Crippen LogP contribution in [0, 0.1) is 0 Å². The van der Waals surface area contributed by atoms with E-state index < -0.39 is 0 Å². The van der Waals surface area contributed by atoms with Crippen molar-refractivity contribution >= 4 is 5.97 Å². The number of nitrogens with zero attached hydrogens (tertiary/aromatic N) is 1. The highest BCUT2D eigenvalue weighted by Gasteiger charge is 2.46. The lowest BCUT2D eigenvalue weighted by Crippen LogP contribution is -2.42. The molecule has 17 heavy (non-hydrogen) atoms. The molecule has 1 spiro atoms. The number of hydrogen-bond donors (Lipinski definition) is 0. The van der Waals surface area contributed by atoms with Crippen LogP contribution in [0.3, 0.4) is 0 Å². The third kappa shape index (κ3) is 1.57. The van der Waals surface area contributed by atoms with Gasteiger partial charge in [0.1, 0.15) is 5.60 Å². The molecule has 2 aliphatic heterocycles. The predicted molar refractivity (Wildman–Crippen MR) is 64.9 cm³/mol. The maximum absolute atomic E-state index is 11.9. The molecule has 0 amide bonds. The largest absolute Gasteiger partial charge is 0.450 e. The number of hydrogen-bond acceptors (Lipinski definition) is 3. The molecule has 3 rings (SSSR count). The highest BCUT2D eigenvalue weighted by molar-refractivity contribution is 5.94. The molecule has 3 nitrogen and oxygen atoms in total. The second kappa shape index (κ2) is 3.84. The number of benzene rings is 1. The van der Waals surface area contributed by atoms with E-state index in [0.717, 1.165) is 43.6 Å². The Kier molecular flexibility index (Phi) is 2.44. The van der Waals surface area contributed by atoms with Crippen LogP contribution in [0.15, 0.2) is 24.3 Å². The molecule has 0 aliphatic carbocycles. The van der Waals surface area contributed by atoms with Gasteiger partial charge >= 0.3 is 5.97 Å². The second-order valence-electron chi connectivity index (χ2n) is 4.86. The van der Waals surface area contributed by atoms with Crippen molar-refractivity contribution in [2.75, 3.05) is 19.6 Å². The summed E-state index contributed by atoms with van der Waals surface area (Å²) in [5.41, 5.74) is 1.53. The van der Waals surface area contributed by atoms with Gasteiger partial charge in [0.25, 0.3) is 0 Å². The first-order valence-electron chi connectivity index (χ1n) is 6.30. The van der Waals surface area contributed by atoms with E-state index in [2.05, 4.69) is 11.8 Å². The number of carbonyl (C=O) groups is 1. The monoisotopic (exact) mass is 231 g/mol. The maximum atomic E-state index is 11.9. The number of carbonyl (C=O) groups excluding carboxylic acids is 1. The molecule has 0 saturated carbocycles. The fourth-order valence-electron chi connectivity index (χ4n) is 2.95. The molecule has 0 radical (unpaired) electrons. The third-order valence-corrected chi connectivity index (χ3v) is 4.04. The van der Waals surface area contributed by atoms with Gasteiger partial charge in [0.15, 0.2) is 0 Å². The van der Waals surface area contributed by atoms with Gasteiger partial charge in [-0.25, -0.2) is 4.79 Å². The zero-order valence-corrected chi connectivity index (χ0v) is 10.1. The first-order valence-corrected chi connectivity index (χ1v) is 6.30. The Balaban J connectivity index is 1.93. The lowest BCUT2D eigenvalue weighted by molar-refractivity contribution is -0.0421. The van der Waals surface area contributed by atoms with Crippen LogP contribution in [0.2, 0.25) is 0 Å². The summed E-state index contributed by atoms with van der Waals surface area (Å²) in [6.07, 6.45) is 1.84. The van der Waals surface area contributed by atoms with E-state index in [9.17, 15) is 4.79 Å². The Hall–Kier alpha value is -1.35. The Morgan fingerprint density at radius 3 is 2.71 bits per heavy atom. The summed E-state index contributed by atoms with van der Waals surface area (Å²) in [7, 11) is 0. The predicted octanol–water partition coefficient (Wildman–Crippen LogP) is 2.17. The van der Waals surface area contributed by atoms with Gasteiger partial charge < -0.3 is 9.64 Å². The van der Waals surface area contributed by atoms with Crippen molar-refractivity contribution in [2.24, 2.45) is 0 Å². The standard InChI is InChI=1S/C14H17NO2/c1-2-15-9-7-14(8-10-15)12-6-4-3-5-11(12)13(16)17-14/h3-6H,2,7-10H2,1H3. The first-order chi connectivity index (χ1) is 8.25. The molecule has 2 aliphatic rings. The summed E-state index contributed by atoms with van der Waals surface area (Å²) in [5.74, 6) is -0.148. The minimum absolute atomic E-state index is 0.148. The van der Waals surface area contributed by atoms with E-state index >= 15 is 0 Å². The Morgan fingerprint density at radius 2 is 2.00 bits per heavy atom. The van der Waals surface area contributed by atoms with E-state index in [4.69, 9.17) is 4.74 Å². The maximum Gasteiger partial charge on any atom is 0.339 e. The minimum Gasteiger partial charge on any atom is -0.450 e. The average molecular weight is 231 g/mol. The van der Waals surface area contributed by atoms with Crippen LogP contribution >= 0.6 is 0 Å². The molecular weight excluding hydrogens is 214 g/mol. The zero-order chi connectivity index (χ0) is 11.9. The highest BCUT2D eigenvalue weighted by Crippen LogP contribution is 2.43. The van der Waals surface area contributed by atoms with Crippen molar-refractivity contribution < 1.29 is 9.53 Å². The molecule has 0 atom stereocenters. The number of esters is 1. The molecule has 0 bridgehead atoms. The molecule has 1 saturated heterocycles. The van der Waals surface area contributed by atoms with Crippen molar-refractivity contribution in [3.8, 4) is 0 Å². The number of piperidine rings is 1. The number of rotatable bonds is 1. The Morgan fingerprint density at radius 1 is 1.29 bits per heavy atom. The van der Waals surface area contributed by atoms with E-state index in [1.54, 1.807) is 0 Å².